The number of anilines is 1. The lowest BCUT2D eigenvalue weighted by Crippen LogP contribution is -2.48. The van der Waals surface area contributed by atoms with Crippen LogP contribution in [0.15, 0.2) is 54.7 Å². The van der Waals surface area contributed by atoms with Crippen LogP contribution < -0.4 is 4.90 Å². The van der Waals surface area contributed by atoms with E-state index in [1.807, 2.05) is 26.8 Å². The van der Waals surface area contributed by atoms with Gasteiger partial charge >= 0.3 is 6.09 Å². The van der Waals surface area contributed by atoms with Crippen molar-refractivity contribution in [2.45, 2.75) is 26.4 Å². The van der Waals surface area contributed by atoms with Gasteiger partial charge in [0.2, 0.25) is 0 Å². The van der Waals surface area contributed by atoms with Gasteiger partial charge in [0.25, 0.3) is 17.5 Å². The molecule has 1 fully saturated rings. The second-order valence-electron chi connectivity index (χ2n) is 11.9. The molecule has 240 valence electrons. The lowest BCUT2D eigenvalue weighted by molar-refractivity contribution is -0.383. The molecule has 3 amide bonds. The molecule has 4 rings (SSSR count). The predicted molar refractivity (Wildman–Crippen MR) is 170 cm³/mol. The van der Waals surface area contributed by atoms with Gasteiger partial charge in [-0.25, -0.2) is 9.78 Å². The van der Waals surface area contributed by atoms with Gasteiger partial charge in [0.1, 0.15) is 11.1 Å². The van der Waals surface area contributed by atoms with Crippen LogP contribution in [0.2, 0.25) is 0 Å². The van der Waals surface area contributed by atoms with Crippen molar-refractivity contribution in [3.8, 4) is 0 Å². The molecule has 13 heteroatoms. The molecule has 2 heterocycles. The van der Waals surface area contributed by atoms with Crippen LogP contribution in [0.3, 0.4) is 0 Å². The number of rotatable bonds is 10. The normalized spacial score (nSPS) is 13.4. The predicted octanol–water partition coefficient (Wildman–Crippen LogP) is 4.06. The van der Waals surface area contributed by atoms with E-state index < -0.39 is 16.6 Å². The van der Waals surface area contributed by atoms with Crippen molar-refractivity contribution in [3.63, 3.8) is 0 Å². The number of nitro benzene ring substituents is 1. The first-order chi connectivity index (χ1) is 21.4. The van der Waals surface area contributed by atoms with Gasteiger partial charge in [0.05, 0.1) is 18.1 Å². The molecule has 1 aromatic heterocycles. The van der Waals surface area contributed by atoms with E-state index in [1.165, 1.54) is 11.0 Å². The number of carbonyl (C=O) groups is 3. The van der Waals surface area contributed by atoms with Gasteiger partial charge < -0.3 is 29.1 Å². The molecule has 2 aromatic carbocycles. The molecular formula is C32H40N6O7. The van der Waals surface area contributed by atoms with E-state index in [1.54, 1.807) is 66.5 Å². The van der Waals surface area contributed by atoms with Crippen molar-refractivity contribution in [1.82, 2.24) is 19.7 Å². The number of aromatic nitrogens is 1. The highest BCUT2D eigenvalue weighted by Gasteiger charge is 2.25. The average Bonchev–Trinajstić information content (AvgIpc) is 3.02. The van der Waals surface area contributed by atoms with E-state index in [4.69, 9.17) is 9.47 Å². The van der Waals surface area contributed by atoms with Crippen LogP contribution in [0.4, 0.5) is 16.2 Å². The fourth-order valence-electron chi connectivity index (χ4n) is 4.91. The van der Waals surface area contributed by atoms with Crippen LogP contribution >= 0.6 is 0 Å². The number of carbonyl (C=O) groups excluding carboxylic acids is 3. The zero-order chi connectivity index (χ0) is 32.7. The highest BCUT2D eigenvalue weighted by molar-refractivity contribution is 5.99. The molecule has 3 aromatic rings. The number of amides is 3. The Morgan fingerprint density at radius 1 is 0.911 bits per heavy atom. The van der Waals surface area contributed by atoms with Gasteiger partial charge in [-0.1, -0.05) is 0 Å². The summed E-state index contributed by atoms with van der Waals surface area (Å²) in [4.78, 5) is 60.3. The van der Waals surface area contributed by atoms with E-state index in [2.05, 4.69) is 9.88 Å². The number of hydrogen-bond donors (Lipinski definition) is 0. The van der Waals surface area contributed by atoms with Crippen LogP contribution in [0.25, 0.3) is 10.9 Å². The van der Waals surface area contributed by atoms with Crippen molar-refractivity contribution < 1.29 is 28.8 Å². The lowest BCUT2D eigenvalue weighted by atomic mass is 10.1. The summed E-state index contributed by atoms with van der Waals surface area (Å²) in [6.45, 7) is 8.85. The van der Waals surface area contributed by atoms with Crippen LogP contribution in [0.5, 0.6) is 0 Å². The Balaban J connectivity index is 1.24. The van der Waals surface area contributed by atoms with E-state index in [0.29, 0.717) is 74.5 Å². The van der Waals surface area contributed by atoms with E-state index in [9.17, 15) is 24.5 Å². The molecule has 0 N–H and O–H groups in total. The summed E-state index contributed by atoms with van der Waals surface area (Å²) in [5.41, 5.74) is 1.54. The van der Waals surface area contributed by atoms with Crippen molar-refractivity contribution in [3.05, 3.63) is 76.0 Å². The van der Waals surface area contributed by atoms with E-state index in [0.717, 1.165) is 5.69 Å². The topological polar surface area (TPSA) is 139 Å². The molecule has 1 aliphatic rings. The van der Waals surface area contributed by atoms with Gasteiger partial charge in [-0.3, -0.25) is 19.7 Å². The monoisotopic (exact) mass is 620 g/mol. The third-order valence-corrected chi connectivity index (χ3v) is 7.40. The van der Waals surface area contributed by atoms with Gasteiger partial charge in [-0.2, -0.15) is 0 Å². The Hall–Kier alpha value is -4.78. The van der Waals surface area contributed by atoms with Crippen molar-refractivity contribution in [2.75, 3.05) is 71.5 Å². The van der Waals surface area contributed by atoms with Gasteiger partial charge in [0, 0.05) is 87.8 Å². The molecule has 0 unspecified atom stereocenters. The molecule has 13 nitrogen and oxygen atoms in total. The number of non-ortho nitro benzene ring substituents is 1. The van der Waals surface area contributed by atoms with Crippen LogP contribution in [-0.4, -0.2) is 115 Å². The molecule has 1 saturated heterocycles. The number of nitrogens with zero attached hydrogens (tertiary/aromatic N) is 6. The Bertz CT molecular complexity index is 1530. The fourth-order valence-corrected chi connectivity index (χ4v) is 4.91. The molecule has 0 atom stereocenters. The number of benzene rings is 2. The number of hydrogen-bond acceptors (Lipinski definition) is 9. The SMILES string of the molecule is CN(CCOCCN(C)C(=O)c1ccc(C(=O)N2CCN(c3ccc([N+](=O)[O-])c4ncccc34)CC2)cc1)C(=O)OC(C)(C)C. The maximum atomic E-state index is 13.2. The zero-order valence-corrected chi connectivity index (χ0v) is 26.4. The van der Waals surface area contributed by atoms with Gasteiger partial charge in [0.15, 0.2) is 0 Å². The van der Waals surface area contributed by atoms with Crippen LogP contribution in [-0.2, 0) is 9.47 Å². The zero-order valence-electron chi connectivity index (χ0n) is 26.4. The number of nitro groups is 1. The minimum Gasteiger partial charge on any atom is -0.444 e. The van der Waals surface area contributed by atoms with Crippen LogP contribution in [0, 0.1) is 10.1 Å². The molecule has 0 aliphatic carbocycles. The minimum absolute atomic E-state index is 0.0372. The molecule has 0 saturated carbocycles. The fraction of sp³-hybridized carbons (Fsp3) is 0.438. The summed E-state index contributed by atoms with van der Waals surface area (Å²) in [7, 11) is 3.32. The third-order valence-electron chi connectivity index (χ3n) is 7.40. The van der Waals surface area contributed by atoms with E-state index in [-0.39, 0.29) is 17.5 Å². The summed E-state index contributed by atoms with van der Waals surface area (Å²) >= 11 is 0. The maximum Gasteiger partial charge on any atom is 0.410 e. The second-order valence-corrected chi connectivity index (χ2v) is 11.9. The Morgan fingerprint density at radius 3 is 2.16 bits per heavy atom. The summed E-state index contributed by atoms with van der Waals surface area (Å²) in [5.74, 6) is -0.316. The Morgan fingerprint density at radius 2 is 1.53 bits per heavy atom. The quantitative estimate of drug-likeness (QED) is 0.187. The molecular weight excluding hydrogens is 580 g/mol. The van der Waals surface area contributed by atoms with E-state index >= 15 is 0 Å². The number of likely N-dealkylation sites (N-methyl/N-ethyl adjacent to an activating group) is 2. The smallest absolute Gasteiger partial charge is 0.410 e. The summed E-state index contributed by atoms with van der Waals surface area (Å²) in [6, 6.07) is 13.4. The Kier molecular flexibility index (Phi) is 10.6. The standard InChI is InChI=1S/C32H40N6O7/c1-32(2,3)45-31(41)35(5)20-22-44-21-19-34(4)29(39)23-8-10-24(11-9-23)30(40)37-17-15-36(16-18-37)26-12-13-27(38(42)43)28-25(26)7-6-14-33-28/h6-14H,15-22H2,1-5H3. The van der Waals surface area contributed by atoms with Gasteiger partial charge in [-0.05, 0) is 63.2 Å². The number of pyridine rings is 1. The molecule has 1 aliphatic heterocycles. The first kappa shape index (κ1) is 33.1. The second kappa shape index (κ2) is 14.3. The van der Waals surface area contributed by atoms with Crippen LogP contribution in [0.1, 0.15) is 41.5 Å². The Labute approximate surface area is 262 Å². The molecule has 45 heavy (non-hydrogen) atoms. The number of piperazine rings is 1. The highest BCUT2D eigenvalue weighted by atomic mass is 16.6. The summed E-state index contributed by atoms with van der Waals surface area (Å²) < 4.78 is 10.9. The molecule has 0 radical (unpaired) electrons. The van der Waals surface area contributed by atoms with Gasteiger partial charge in [-0.15, -0.1) is 0 Å². The first-order valence-electron chi connectivity index (χ1n) is 14.8. The first-order valence-corrected chi connectivity index (χ1v) is 14.8. The lowest BCUT2D eigenvalue weighted by Gasteiger charge is -2.36. The number of fused-ring (bicyclic) bond motifs is 1. The molecule has 0 bridgehead atoms. The number of ether oxygens (including phenoxy) is 2. The average molecular weight is 621 g/mol. The molecule has 0 spiro atoms. The van der Waals surface area contributed by atoms with Crippen molar-refractivity contribution >= 4 is 40.2 Å². The maximum absolute atomic E-state index is 13.2. The largest absolute Gasteiger partial charge is 0.444 e. The summed E-state index contributed by atoms with van der Waals surface area (Å²) in [6.07, 6.45) is 1.12. The highest BCUT2D eigenvalue weighted by Crippen LogP contribution is 2.32. The summed E-state index contributed by atoms with van der Waals surface area (Å²) in [5, 5.41) is 12.1. The minimum atomic E-state index is -0.566. The van der Waals surface area contributed by atoms with Crippen molar-refractivity contribution in [2.24, 2.45) is 0 Å². The van der Waals surface area contributed by atoms with Crippen molar-refractivity contribution in [1.29, 1.82) is 0 Å². The third kappa shape index (κ3) is 8.44.